The van der Waals surface area contributed by atoms with Gasteiger partial charge in [-0.05, 0) is 38.4 Å². The first-order chi connectivity index (χ1) is 9.74. The number of ether oxygens (including phenoxy) is 1. The number of piperidine rings is 1. The molecule has 0 atom stereocenters. The number of nitrogens with zero attached hydrogens (tertiary/aromatic N) is 1. The van der Waals surface area contributed by atoms with Gasteiger partial charge in [-0.1, -0.05) is 18.2 Å². The zero-order valence-electron chi connectivity index (χ0n) is 12.4. The minimum Gasteiger partial charge on any atom is -0.496 e. The number of likely N-dealkylation sites (tertiary alicyclic amines) is 1. The van der Waals surface area contributed by atoms with Crippen LogP contribution in [0.5, 0.6) is 5.75 Å². The van der Waals surface area contributed by atoms with Gasteiger partial charge in [0, 0.05) is 18.7 Å². The van der Waals surface area contributed by atoms with Gasteiger partial charge in [0.1, 0.15) is 5.75 Å². The smallest absolute Gasteiger partial charge is 0.227 e. The molecule has 0 saturated carbocycles. The van der Waals surface area contributed by atoms with Crippen LogP contribution >= 0.6 is 0 Å². The zero-order chi connectivity index (χ0) is 14.4. The Balaban J connectivity index is 1.89. The summed E-state index contributed by atoms with van der Waals surface area (Å²) in [7, 11) is 3.63. The molecule has 1 aromatic rings. The molecule has 0 aliphatic carbocycles. The van der Waals surface area contributed by atoms with Crippen molar-refractivity contribution in [3.05, 3.63) is 29.8 Å². The molecule has 2 rings (SSSR count). The Morgan fingerprint density at radius 2 is 2.05 bits per heavy atom. The van der Waals surface area contributed by atoms with Gasteiger partial charge in [0.05, 0.1) is 13.5 Å². The van der Waals surface area contributed by atoms with Gasteiger partial charge < -0.3 is 15.0 Å². The molecule has 0 spiro atoms. The van der Waals surface area contributed by atoms with Crippen molar-refractivity contribution in [2.24, 2.45) is 5.92 Å². The molecular weight excluding hydrogens is 252 g/mol. The Morgan fingerprint density at radius 3 is 2.70 bits per heavy atom. The van der Waals surface area contributed by atoms with Gasteiger partial charge in [0.25, 0.3) is 0 Å². The maximum Gasteiger partial charge on any atom is 0.227 e. The SMILES string of the molecule is CNCC1CCN(C(=O)Cc2ccccc2OC)CC1. The third-order valence-corrected chi connectivity index (χ3v) is 3.99. The standard InChI is InChI=1S/C16H24N2O2/c1-17-12-13-7-9-18(10-8-13)16(19)11-14-5-3-4-6-15(14)20-2/h3-6,13,17H,7-12H2,1-2H3. The van der Waals surface area contributed by atoms with Gasteiger partial charge in [-0.15, -0.1) is 0 Å². The summed E-state index contributed by atoms with van der Waals surface area (Å²) in [5.74, 6) is 1.71. The van der Waals surface area contributed by atoms with E-state index in [9.17, 15) is 4.79 Å². The van der Waals surface area contributed by atoms with E-state index in [4.69, 9.17) is 4.74 Å². The zero-order valence-corrected chi connectivity index (χ0v) is 12.4. The number of nitrogens with one attached hydrogen (secondary N) is 1. The summed E-state index contributed by atoms with van der Waals surface area (Å²) in [6.07, 6.45) is 2.62. The van der Waals surface area contributed by atoms with Gasteiger partial charge in [-0.2, -0.15) is 0 Å². The largest absolute Gasteiger partial charge is 0.496 e. The minimum absolute atomic E-state index is 0.206. The summed E-state index contributed by atoms with van der Waals surface area (Å²) in [5, 5.41) is 3.22. The van der Waals surface area contributed by atoms with Crippen molar-refractivity contribution in [3.63, 3.8) is 0 Å². The molecule has 1 aliphatic rings. The molecule has 1 aliphatic heterocycles. The van der Waals surface area contributed by atoms with Crippen molar-refractivity contribution in [2.75, 3.05) is 33.8 Å². The molecule has 0 radical (unpaired) electrons. The van der Waals surface area contributed by atoms with Crippen LogP contribution in [0.2, 0.25) is 0 Å². The number of carbonyl (C=O) groups excluding carboxylic acids is 1. The second-order valence-electron chi connectivity index (χ2n) is 5.37. The van der Waals surface area contributed by atoms with Crippen LogP contribution in [0.25, 0.3) is 0 Å². The van der Waals surface area contributed by atoms with Gasteiger partial charge in [0.2, 0.25) is 5.91 Å². The molecule has 1 heterocycles. The number of para-hydroxylation sites is 1. The molecule has 1 amide bonds. The van der Waals surface area contributed by atoms with Crippen LogP contribution in [0.4, 0.5) is 0 Å². The summed E-state index contributed by atoms with van der Waals surface area (Å²) in [6.45, 7) is 2.80. The van der Waals surface area contributed by atoms with E-state index in [0.29, 0.717) is 12.3 Å². The summed E-state index contributed by atoms with van der Waals surface area (Å²) in [4.78, 5) is 14.3. The van der Waals surface area contributed by atoms with Gasteiger partial charge in [-0.25, -0.2) is 0 Å². The Labute approximate surface area is 121 Å². The molecule has 1 aromatic carbocycles. The number of carbonyl (C=O) groups is 1. The maximum absolute atomic E-state index is 12.4. The fourth-order valence-corrected chi connectivity index (χ4v) is 2.80. The van der Waals surface area contributed by atoms with Crippen molar-refractivity contribution in [3.8, 4) is 5.75 Å². The molecule has 20 heavy (non-hydrogen) atoms. The average molecular weight is 276 g/mol. The van der Waals surface area contributed by atoms with Crippen LogP contribution < -0.4 is 10.1 Å². The predicted molar refractivity (Wildman–Crippen MR) is 79.9 cm³/mol. The van der Waals surface area contributed by atoms with E-state index < -0.39 is 0 Å². The molecule has 0 aromatic heterocycles. The average Bonchev–Trinajstić information content (AvgIpc) is 2.49. The van der Waals surface area contributed by atoms with E-state index >= 15 is 0 Å². The van der Waals surface area contributed by atoms with Crippen molar-refractivity contribution in [1.29, 1.82) is 0 Å². The van der Waals surface area contributed by atoms with Crippen molar-refractivity contribution in [2.45, 2.75) is 19.3 Å². The molecule has 1 fully saturated rings. The minimum atomic E-state index is 0.206. The van der Waals surface area contributed by atoms with Crippen LogP contribution in [-0.4, -0.2) is 44.6 Å². The summed E-state index contributed by atoms with van der Waals surface area (Å²) in [5.41, 5.74) is 0.970. The second-order valence-corrected chi connectivity index (χ2v) is 5.37. The molecule has 4 nitrogen and oxygen atoms in total. The van der Waals surface area contributed by atoms with Gasteiger partial charge >= 0.3 is 0 Å². The first-order valence-electron chi connectivity index (χ1n) is 7.29. The lowest BCUT2D eigenvalue weighted by atomic mass is 9.96. The highest BCUT2D eigenvalue weighted by molar-refractivity contribution is 5.79. The lowest BCUT2D eigenvalue weighted by molar-refractivity contribution is -0.131. The Morgan fingerprint density at radius 1 is 1.35 bits per heavy atom. The van der Waals surface area contributed by atoms with E-state index in [0.717, 1.165) is 43.8 Å². The first kappa shape index (κ1) is 14.9. The Bertz CT molecular complexity index is 440. The number of benzene rings is 1. The highest BCUT2D eigenvalue weighted by Crippen LogP contribution is 2.21. The molecular formula is C16H24N2O2. The van der Waals surface area contributed by atoms with Crippen molar-refractivity contribution in [1.82, 2.24) is 10.2 Å². The summed E-state index contributed by atoms with van der Waals surface area (Å²) >= 11 is 0. The molecule has 1 N–H and O–H groups in total. The quantitative estimate of drug-likeness (QED) is 0.890. The van der Waals surface area contributed by atoms with Crippen LogP contribution in [-0.2, 0) is 11.2 Å². The highest BCUT2D eigenvalue weighted by atomic mass is 16.5. The Kier molecular flexibility index (Phi) is 5.41. The maximum atomic E-state index is 12.4. The molecule has 110 valence electrons. The fourth-order valence-electron chi connectivity index (χ4n) is 2.80. The number of amides is 1. The fraction of sp³-hybridized carbons (Fsp3) is 0.562. The monoisotopic (exact) mass is 276 g/mol. The van der Waals surface area contributed by atoms with Crippen LogP contribution in [0.15, 0.2) is 24.3 Å². The highest BCUT2D eigenvalue weighted by Gasteiger charge is 2.22. The first-order valence-corrected chi connectivity index (χ1v) is 7.29. The lowest BCUT2D eigenvalue weighted by Crippen LogP contribution is -2.41. The molecule has 4 heteroatoms. The third kappa shape index (κ3) is 3.73. The van der Waals surface area contributed by atoms with Crippen molar-refractivity contribution < 1.29 is 9.53 Å². The topological polar surface area (TPSA) is 41.6 Å². The summed E-state index contributed by atoms with van der Waals surface area (Å²) in [6, 6.07) is 7.74. The van der Waals surface area contributed by atoms with E-state index in [1.165, 1.54) is 0 Å². The van der Waals surface area contributed by atoms with E-state index in [-0.39, 0.29) is 5.91 Å². The normalized spacial score (nSPS) is 16.2. The number of hydrogen-bond acceptors (Lipinski definition) is 3. The molecule has 0 bridgehead atoms. The van der Waals surface area contributed by atoms with Gasteiger partial charge in [0.15, 0.2) is 0 Å². The second kappa shape index (κ2) is 7.29. The predicted octanol–water partition coefficient (Wildman–Crippen LogP) is 1.70. The lowest BCUT2D eigenvalue weighted by Gasteiger charge is -2.32. The molecule has 1 saturated heterocycles. The van der Waals surface area contributed by atoms with Crippen LogP contribution in [0.1, 0.15) is 18.4 Å². The summed E-state index contributed by atoms with van der Waals surface area (Å²) < 4.78 is 5.30. The third-order valence-electron chi connectivity index (χ3n) is 3.99. The van der Waals surface area contributed by atoms with Crippen LogP contribution in [0.3, 0.4) is 0 Å². The van der Waals surface area contributed by atoms with Crippen molar-refractivity contribution >= 4 is 5.91 Å². The number of methoxy groups -OCH3 is 1. The Hall–Kier alpha value is -1.55. The molecule has 0 unspecified atom stereocenters. The number of rotatable bonds is 5. The van der Waals surface area contributed by atoms with E-state index in [1.54, 1.807) is 7.11 Å². The van der Waals surface area contributed by atoms with E-state index in [1.807, 2.05) is 36.2 Å². The van der Waals surface area contributed by atoms with E-state index in [2.05, 4.69) is 5.32 Å². The van der Waals surface area contributed by atoms with Crippen LogP contribution in [0, 0.1) is 5.92 Å². The number of hydrogen-bond donors (Lipinski definition) is 1. The van der Waals surface area contributed by atoms with Gasteiger partial charge in [-0.3, -0.25) is 4.79 Å².